The molecule has 0 aliphatic heterocycles. The second-order valence-corrected chi connectivity index (χ2v) is 9.30. The van der Waals surface area contributed by atoms with Gasteiger partial charge in [-0.2, -0.15) is 0 Å². The fourth-order valence-corrected chi connectivity index (χ4v) is 3.17. The van der Waals surface area contributed by atoms with Crippen LogP contribution >= 0.6 is 35.0 Å². The number of thioether (sulfide) groups is 1. The maximum Gasteiger partial charge on any atom is 0.341 e. The molecule has 0 spiro atoms. The van der Waals surface area contributed by atoms with E-state index in [4.69, 9.17) is 32.7 Å². The molecule has 0 unspecified atom stereocenters. The third kappa shape index (κ3) is 10.2. The van der Waals surface area contributed by atoms with E-state index in [1.165, 1.54) is 25.1 Å². The standard InChI is InChI=1S/C20H23Cl2NO7S/c1-11(24)31-10-16(26)23-14(8-17(27)30-20(2,3)4)15(25)9-29-19(28)18-12(21)6-5-7-13(18)22/h5-7,14H,8-10H2,1-4H3,(H,23,26)/t14-/m0/s1. The summed E-state index contributed by atoms with van der Waals surface area (Å²) in [6, 6.07) is 3.09. The summed E-state index contributed by atoms with van der Waals surface area (Å²) >= 11 is 12.6. The normalized spacial score (nSPS) is 11.9. The molecule has 170 valence electrons. The SMILES string of the molecule is CC(=O)SCC(=O)N[C@@H](CC(=O)OC(C)(C)C)C(=O)COC(=O)c1c(Cl)cccc1Cl. The monoisotopic (exact) mass is 491 g/mol. The summed E-state index contributed by atoms with van der Waals surface area (Å²) in [5.74, 6) is -3.28. The minimum atomic E-state index is -1.32. The van der Waals surface area contributed by atoms with Crippen molar-refractivity contribution >= 4 is 63.7 Å². The van der Waals surface area contributed by atoms with Crippen molar-refractivity contribution in [3.05, 3.63) is 33.8 Å². The third-order valence-corrected chi connectivity index (χ3v) is 4.88. The van der Waals surface area contributed by atoms with Gasteiger partial charge in [0.25, 0.3) is 0 Å². The van der Waals surface area contributed by atoms with Gasteiger partial charge in [0.15, 0.2) is 17.5 Å². The van der Waals surface area contributed by atoms with Crippen LogP contribution in [0, 0.1) is 0 Å². The van der Waals surface area contributed by atoms with Crippen LogP contribution in [0.15, 0.2) is 18.2 Å². The Morgan fingerprint density at radius 1 is 1.10 bits per heavy atom. The number of ketones is 1. The largest absolute Gasteiger partial charge is 0.460 e. The molecule has 0 fully saturated rings. The number of Topliss-reactive ketones (excluding diaryl/α,β-unsaturated/α-hetero) is 1. The lowest BCUT2D eigenvalue weighted by Gasteiger charge is -2.22. The first-order chi connectivity index (χ1) is 14.3. The van der Waals surface area contributed by atoms with E-state index in [-0.39, 0.29) is 26.5 Å². The minimum absolute atomic E-state index is 0.0461. The van der Waals surface area contributed by atoms with Crippen LogP contribution in [0.1, 0.15) is 44.5 Å². The van der Waals surface area contributed by atoms with E-state index in [9.17, 15) is 24.0 Å². The van der Waals surface area contributed by atoms with Gasteiger partial charge in [0.2, 0.25) is 5.91 Å². The molecule has 31 heavy (non-hydrogen) atoms. The van der Waals surface area contributed by atoms with Crippen molar-refractivity contribution in [3.63, 3.8) is 0 Å². The van der Waals surface area contributed by atoms with Crippen LogP contribution in [0.25, 0.3) is 0 Å². The van der Waals surface area contributed by atoms with Crippen LogP contribution in [0.2, 0.25) is 10.0 Å². The second kappa shape index (κ2) is 12.1. The Balaban J connectivity index is 2.86. The zero-order valence-electron chi connectivity index (χ0n) is 17.5. The first kappa shape index (κ1) is 26.9. The molecule has 0 aromatic heterocycles. The molecule has 0 radical (unpaired) electrons. The Morgan fingerprint density at radius 2 is 1.68 bits per heavy atom. The van der Waals surface area contributed by atoms with E-state index in [1.807, 2.05) is 0 Å². The molecular formula is C20H23Cl2NO7S. The van der Waals surface area contributed by atoms with Gasteiger partial charge >= 0.3 is 11.9 Å². The van der Waals surface area contributed by atoms with E-state index in [0.717, 1.165) is 11.8 Å². The number of amides is 1. The molecule has 0 aliphatic carbocycles. The Hall–Kier alpha value is -2.10. The van der Waals surface area contributed by atoms with Crippen molar-refractivity contribution in [2.45, 2.75) is 45.8 Å². The molecule has 1 N–H and O–H groups in total. The highest BCUT2D eigenvalue weighted by atomic mass is 35.5. The number of esters is 2. The highest BCUT2D eigenvalue weighted by Crippen LogP contribution is 2.25. The smallest absolute Gasteiger partial charge is 0.341 e. The minimum Gasteiger partial charge on any atom is -0.460 e. The molecule has 0 aliphatic rings. The molecule has 1 rings (SSSR count). The van der Waals surface area contributed by atoms with E-state index in [2.05, 4.69) is 5.32 Å². The van der Waals surface area contributed by atoms with E-state index in [1.54, 1.807) is 20.8 Å². The first-order valence-electron chi connectivity index (χ1n) is 9.08. The van der Waals surface area contributed by atoms with Crippen molar-refractivity contribution in [1.29, 1.82) is 0 Å². The maximum atomic E-state index is 12.6. The average molecular weight is 492 g/mol. The quantitative estimate of drug-likeness (QED) is 0.523. The summed E-state index contributed by atoms with van der Waals surface area (Å²) in [6.45, 7) is 5.51. The van der Waals surface area contributed by atoms with Gasteiger partial charge in [0.05, 0.1) is 27.8 Å². The lowest BCUT2D eigenvalue weighted by atomic mass is 10.1. The van der Waals surface area contributed by atoms with Crippen LogP contribution in [0.3, 0.4) is 0 Å². The van der Waals surface area contributed by atoms with Gasteiger partial charge in [-0.05, 0) is 32.9 Å². The number of hydrogen-bond acceptors (Lipinski definition) is 8. The molecule has 1 aromatic rings. The zero-order valence-corrected chi connectivity index (χ0v) is 19.8. The van der Waals surface area contributed by atoms with E-state index < -0.39 is 48.3 Å². The van der Waals surface area contributed by atoms with E-state index in [0.29, 0.717) is 0 Å². The summed E-state index contributed by atoms with van der Waals surface area (Å²) in [6.07, 6.45) is -0.475. The van der Waals surface area contributed by atoms with Crippen LogP contribution in [-0.2, 0) is 28.7 Å². The predicted octanol–water partition coefficient (Wildman–Crippen LogP) is 3.22. The molecule has 0 bridgehead atoms. The molecular weight excluding hydrogens is 469 g/mol. The number of carbonyl (C=O) groups excluding carboxylic acids is 5. The van der Waals surface area contributed by atoms with Gasteiger partial charge in [-0.25, -0.2) is 4.79 Å². The van der Waals surface area contributed by atoms with Gasteiger partial charge in [-0.1, -0.05) is 41.0 Å². The van der Waals surface area contributed by atoms with Gasteiger partial charge in [-0.3, -0.25) is 19.2 Å². The lowest BCUT2D eigenvalue weighted by molar-refractivity contribution is -0.156. The molecule has 1 atom stereocenters. The molecule has 8 nitrogen and oxygen atoms in total. The van der Waals surface area contributed by atoms with Crippen molar-refractivity contribution in [1.82, 2.24) is 5.32 Å². The van der Waals surface area contributed by atoms with Crippen molar-refractivity contribution in [2.24, 2.45) is 0 Å². The summed E-state index contributed by atoms with van der Waals surface area (Å²) in [5, 5.41) is 2.18. The fourth-order valence-electron chi connectivity index (χ4n) is 2.20. The first-order valence-corrected chi connectivity index (χ1v) is 10.8. The van der Waals surface area contributed by atoms with Crippen LogP contribution in [0.5, 0.6) is 0 Å². The van der Waals surface area contributed by atoms with Gasteiger partial charge < -0.3 is 14.8 Å². The predicted molar refractivity (Wildman–Crippen MR) is 117 cm³/mol. The highest BCUT2D eigenvalue weighted by molar-refractivity contribution is 8.14. The maximum absolute atomic E-state index is 12.6. The number of ether oxygens (including phenoxy) is 2. The van der Waals surface area contributed by atoms with Crippen LogP contribution in [0.4, 0.5) is 0 Å². The number of halogens is 2. The number of benzene rings is 1. The van der Waals surface area contributed by atoms with E-state index >= 15 is 0 Å². The molecule has 0 saturated carbocycles. The highest BCUT2D eigenvalue weighted by Gasteiger charge is 2.28. The van der Waals surface area contributed by atoms with Crippen LogP contribution in [-0.4, -0.2) is 52.7 Å². The van der Waals surface area contributed by atoms with Crippen molar-refractivity contribution < 1.29 is 33.4 Å². The van der Waals surface area contributed by atoms with Gasteiger partial charge in [-0.15, -0.1) is 0 Å². The lowest BCUT2D eigenvalue weighted by Crippen LogP contribution is -2.45. The number of rotatable bonds is 9. The Morgan fingerprint density at radius 3 is 2.19 bits per heavy atom. The number of nitrogens with one attached hydrogen (secondary N) is 1. The molecule has 11 heteroatoms. The van der Waals surface area contributed by atoms with Gasteiger partial charge in [0, 0.05) is 6.92 Å². The molecule has 1 amide bonds. The van der Waals surface area contributed by atoms with Gasteiger partial charge in [0.1, 0.15) is 11.6 Å². The summed E-state index contributed by atoms with van der Waals surface area (Å²) in [5.41, 5.74) is -0.906. The molecule has 0 heterocycles. The Labute approximate surface area is 194 Å². The summed E-state index contributed by atoms with van der Waals surface area (Å²) in [7, 11) is 0. The topological polar surface area (TPSA) is 116 Å². The third-order valence-electron chi connectivity index (χ3n) is 3.43. The Bertz CT molecular complexity index is 847. The second-order valence-electron chi connectivity index (χ2n) is 7.33. The van der Waals surface area contributed by atoms with Crippen LogP contribution < -0.4 is 5.32 Å². The molecule has 0 saturated heterocycles. The molecule has 1 aromatic carbocycles. The Kier molecular flexibility index (Phi) is 10.5. The zero-order chi connectivity index (χ0) is 23.8. The summed E-state index contributed by atoms with van der Waals surface area (Å²) in [4.78, 5) is 60.1. The summed E-state index contributed by atoms with van der Waals surface area (Å²) < 4.78 is 10.2. The number of hydrogen-bond donors (Lipinski definition) is 1. The number of carbonyl (C=O) groups is 5. The van der Waals surface area contributed by atoms with Crippen molar-refractivity contribution in [3.8, 4) is 0 Å². The fraction of sp³-hybridized carbons (Fsp3) is 0.450. The van der Waals surface area contributed by atoms with Crippen molar-refractivity contribution in [2.75, 3.05) is 12.4 Å². The average Bonchev–Trinajstić information content (AvgIpc) is 2.62.